The topological polar surface area (TPSA) is 38.0 Å². The van der Waals surface area contributed by atoms with Crippen LogP contribution in [0, 0.1) is 0 Å². The molecule has 0 fully saturated rings. The van der Waals surface area contributed by atoms with Crippen molar-refractivity contribution in [1.82, 2.24) is 9.55 Å². The van der Waals surface area contributed by atoms with Crippen molar-refractivity contribution in [3.8, 4) is 5.75 Å². The van der Waals surface area contributed by atoms with Crippen LogP contribution in [-0.4, -0.2) is 14.7 Å². The second-order valence-corrected chi connectivity index (χ2v) is 4.04. The lowest BCUT2D eigenvalue weighted by Gasteiger charge is -2.05. The van der Waals surface area contributed by atoms with Gasteiger partial charge in [-0.15, -0.1) is 0 Å². The first-order valence-electron chi connectivity index (χ1n) is 5.50. The zero-order valence-corrected chi connectivity index (χ0v) is 9.24. The molecule has 0 radical (unpaired) electrons. The van der Waals surface area contributed by atoms with Gasteiger partial charge in [0.15, 0.2) is 0 Å². The molecule has 1 aromatic carbocycles. The minimum absolute atomic E-state index is 0.305. The van der Waals surface area contributed by atoms with Crippen LogP contribution >= 0.6 is 0 Å². The molecule has 0 saturated heterocycles. The van der Waals surface area contributed by atoms with Crippen molar-refractivity contribution < 1.29 is 5.11 Å². The van der Waals surface area contributed by atoms with E-state index >= 15 is 0 Å². The maximum Gasteiger partial charge on any atom is 0.116 e. The summed E-state index contributed by atoms with van der Waals surface area (Å²) in [4.78, 5) is 4.01. The van der Waals surface area contributed by atoms with Crippen molar-refractivity contribution in [2.45, 2.75) is 6.54 Å². The molecule has 1 N–H and O–H groups in total. The Morgan fingerprint density at radius 2 is 1.88 bits per heavy atom. The van der Waals surface area contributed by atoms with E-state index in [1.54, 1.807) is 24.5 Å². The first-order valence-corrected chi connectivity index (χ1v) is 5.50. The number of phenols is 1. The van der Waals surface area contributed by atoms with E-state index in [4.69, 9.17) is 0 Å². The van der Waals surface area contributed by atoms with Crippen LogP contribution in [0.15, 0.2) is 55.0 Å². The number of hydrogen-bond donors (Lipinski definition) is 1. The molecular weight excluding hydrogens is 212 g/mol. The van der Waals surface area contributed by atoms with Gasteiger partial charge < -0.3 is 9.67 Å². The number of fused-ring (bicyclic) bond motifs is 1. The monoisotopic (exact) mass is 224 g/mol. The molecular formula is C14H12N2O. The van der Waals surface area contributed by atoms with Crippen LogP contribution in [0.2, 0.25) is 0 Å². The molecule has 0 bridgehead atoms. The van der Waals surface area contributed by atoms with E-state index in [1.165, 1.54) is 5.56 Å². The predicted octanol–water partition coefficient (Wildman–Crippen LogP) is 2.79. The maximum absolute atomic E-state index is 9.41. The second kappa shape index (κ2) is 3.94. The summed E-state index contributed by atoms with van der Waals surface area (Å²) in [5.41, 5.74) is 2.34. The summed E-state index contributed by atoms with van der Waals surface area (Å²) in [6.07, 6.45) is 5.63. The Morgan fingerprint density at radius 1 is 1.06 bits per heavy atom. The summed E-state index contributed by atoms with van der Waals surface area (Å²) < 4.78 is 2.16. The van der Waals surface area contributed by atoms with Crippen molar-refractivity contribution in [3.63, 3.8) is 0 Å². The van der Waals surface area contributed by atoms with Crippen LogP contribution in [0.5, 0.6) is 5.75 Å². The van der Waals surface area contributed by atoms with Crippen molar-refractivity contribution in [3.05, 3.63) is 60.6 Å². The number of aromatic hydroxyl groups is 1. The van der Waals surface area contributed by atoms with E-state index in [9.17, 15) is 5.11 Å². The largest absolute Gasteiger partial charge is 0.508 e. The lowest BCUT2D eigenvalue weighted by Crippen LogP contribution is -1.97. The van der Waals surface area contributed by atoms with Crippen molar-refractivity contribution >= 4 is 10.9 Å². The molecule has 17 heavy (non-hydrogen) atoms. The normalized spacial score (nSPS) is 10.8. The van der Waals surface area contributed by atoms with Crippen LogP contribution in [-0.2, 0) is 6.54 Å². The van der Waals surface area contributed by atoms with E-state index in [0.717, 1.165) is 17.4 Å². The molecule has 0 aliphatic heterocycles. The van der Waals surface area contributed by atoms with Gasteiger partial charge >= 0.3 is 0 Å². The number of nitrogens with zero attached hydrogens (tertiary/aromatic N) is 2. The Hall–Kier alpha value is -2.29. The molecule has 2 aromatic heterocycles. The van der Waals surface area contributed by atoms with Crippen LogP contribution in [0.3, 0.4) is 0 Å². The molecule has 0 spiro atoms. The van der Waals surface area contributed by atoms with Crippen molar-refractivity contribution in [2.24, 2.45) is 0 Å². The summed E-state index contributed by atoms with van der Waals surface area (Å²) in [5.74, 6) is 0.305. The van der Waals surface area contributed by atoms with Gasteiger partial charge in [0.05, 0.1) is 0 Å². The van der Waals surface area contributed by atoms with Gasteiger partial charge in [-0.2, -0.15) is 0 Å². The fraction of sp³-hybridized carbons (Fsp3) is 0.0714. The Labute approximate surface area is 99.0 Å². The third-order valence-corrected chi connectivity index (χ3v) is 2.86. The zero-order chi connectivity index (χ0) is 11.7. The standard InChI is InChI=1S/C14H12N2O/c17-13-1-2-14-12(9-13)5-8-16(14)10-11-3-6-15-7-4-11/h1-9,17H,10H2. The van der Waals surface area contributed by atoms with Crippen LogP contribution in [0.1, 0.15) is 5.56 Å². The highest BCUT2D eigenvalue weighted by atomic mass is 16.3. The Morgan fingerprint density at radius 3 is 2.71 bits per heavy atom. The zero-order valence-electron chi connectivity index (χ0n) is 9.24. The van der Waals surface area contributed by atoms with Crippen LogP contribution in [0.25, 0.3) is 10.9 Å². The van der Waals surface area contributed by atoms with Gasteiger partial charge in [0.25, 0.3) is 0 Å². The highest BCUT2D eigenvalue weighted by molar-refractivity contribution is 5.81. The molecule has 0 amide bonds. The first kappa shape index (κ1) is 9.90. The van der Waals surface area contributed by atoms with Gasteiger partial charge in [-0.3, -0.25) is 4.98 Å². The highest BCUT2D eigenvalue weighted by Crippen LogP contribution is 2.21. The second-order valence-electron chi connectivity index (χ2n) is 4.04. The lowest BCUT2D eigenvalue weighted by atomic mass is 10.2. The lowest BCUT2D eigenvalue weighted by molar-refractivity contribution is 0.476. The van der Waals surface area contributed by atoms with Crippen molar-refractivity contribution in [2.75, 3.05) is 0 Å². The average Bonchev–Trinajstić information content (AvgIpc) is 2.73. The number of rotatable bonds is 2. The van der Waals surface area contributed by atoms with Crippen LogP contribution in [0.4, 0.5) is 0 Å². The summed E-state index contributed by atoms with van der Waals surface area (Å²) >= 11 is 0. The number of pyridine rings is 1. The Kier molecular flexibility index (Phi) is 2.29. The molecule has 0 unspecified atom stereocenters. The molecule has 0 atom stereocenters. The summed E-state index contributed by atoms with van der Waals surface area (Å²) in [5, 5.41) is 10.5. The number of benzene rings is 1. The third-order valence-electron chi connectivity index (χ3n) is 2.86. The number of hydrogen-bond acceptors (Lipinski definition) is 2. The van der Waals surface area contributed by atoms with E-state index in [1.807, 2.05) is 30.5 Å². The minimum atomic E-state index is 0.305. The molecule has 0 aliphatic carbocycles. The van der Waals surface area contributed by atoms with E-state index in [0.29, 0.717) is 5.75 Å². The highest BCUT2D eigenvalue weighted by Gasteiger charge is 2.02. The van der Waals surface area contributed by atoms with Gasteiger partial charge in [-0.05, 0) is 42.0 Å². The molecule has 3 rings (SSSR count). The van der Waals surface area contributed by atoms with E-state index in [-0.39, 0.29) is 0 Å². The Bertz CT molecular complexity index is 644. The quantitative estimate of drug-likeness (QED) is 0.726. The smallest absolute Gasteiger partial charge is 0.116 e. The summed E-state index contributed by atoms with van der Waals surface area (Å²) in [6, 6.07) is 11.4. The first-order chi connectivity index (χ1) is 8.33. The summed E-state index contributed by atoms with van der Waals surface area (Å²) in [7, 11) is 0. The minimum Gasteiger partial charge on any atom is -0.508 e. The van der Waals surface area contributed by atoms with E-state index in [2.05, 4.69) is 9.55 Å². The van der Waals surface area contributed by atoms with Crippen LogP contribution < -0.4 is 0 Å². The number of phenolic OH excluding ortho intramolecular Hbond substituents is 1. The fourth-order valence-electron chi connectivity index (χ4n) is 2.01. The third kappa shape index (κ3) is 1.87. The predicted molar refractivity (Wildman–Crippen MR) is 66.9 cm³/mol. The van der Waals surface area contributed by atoms with Gasteiger partial charge in [0.2, 0.25) is 0 Å². The van der Waals surface area contributed by atoms with Gasteiger partial charge in [-0.25, -0.2) is 0 Å². The summed E-state index contributed by atoms with van der Waals surface area (Å²) in [6.45, 7) is 0.816. The molecule has 3 aromatic rings. The Balaban J connectivity index is 2.01. The molecule has 3 nitrogen and oxygen atoms in total. The molecule has 3 heteroatoms. The van der Waals surface area contributed by atoms with Gasteiger partial charge in [-0.1, -0.05) is 0 Å². The van der Waals surface area contributed by atoms with Gasteiger partial charge in [0, 0.05) is 36.0 Å². The maximum atomic E-state index is 9.41. The number of aromatic nitrogens is 2. The molecule has 0 aliphatic rings. The average molecular weight is 224 g/mol. The molecule has 0 saturated carbocycles. The molecule has 84 valence electrons. The fourth-order valence-corrected chi connectivity index (χ4v) is 2.01. The van der Waals surface area contributed by atoms with E-state index < -0.39 is 0 Å². The van der Waals surface area contributed by atoms with Crippen molar-refractivity contribution in [1.29, 1.82) is 0 Å². The van der Waals surface area contributed by atoms with Gasteiger partial charge in [0.1, 0.15) is 5.75 Å². The molecule has 2 heterocycles. The SMILES string of the molecule is Oc1ccc2c(ccn2Cc2ccncc2)c1.